The van der Waals surface area contributed by atoms with Gasteiger partial charge >= 0.3 is 5.97 Å². The lowest BCUT2D eigenvalue weighted by Crippen LogP contribution is -2.25. The summed E-state index contributed by atoms with van der Waals surface area (Å²) in [4.78, 5) is 10.2. The van der Waals surface area contributed by atoms with E-state index in [4.69, 9.17) is 14.9 Å². The summed E-state index contributed by atoms with van der Waals surface area (Å²) in [7, 11) is 0. The molecule has 1 atom stereocenters. The van der Waals surface area contributed by atoms with Gasteiger partial charge in [-0.3, -0.25) is 0 Å². The number of unbranched alkanes of at least 4 members (excludes halogenated alkanes) is 5. The van der Waals surface area contributed by atoms with E-state index in [0.717, 1.165) is 12.8 Å². The van der Waals surface area contributed by atoms with E-state index >= 15 is 0 Å². The molecular weight excluding hydrogens is 196 g/mol. The van der Waals surface area contributed by atoms with E-state index in [2.05, 4.69) is 6.92 Å². The Morgan fingerprint density at radius 1 is 1.20 bits per heavy atom. The van der Waals surface area contributed by atoms with Crippen molar-refractivity contribution in [1.29, 1.82) is 0 Å². The van der Waals surface area contributed by atoms with Crippen LogP contribution in [0.2, 0.25) is 0 Å². The molecule has 2 N–H and O–H groups in total. The van der Waals surface area contributed by atoms with Crippen LogP contribution in [0.25, 0.3) is 0 Å². The van der Waals surface area contributed by atoms with Crippen LogP contribution in [0.15, 0.2) is 0 Å². The molecule has 0 bridgehead atoms. The van der Waals surface area contributed by atoms with Crippen molar-refractivity contribution < 1.29 is 19.7 Å². The van der Waals surface area contributed by atoms with Crippen molar-refractivity contribution in [1.82, 2.24) is 0 Å². The minimum absolute atomic E-state index is 0.107. The second-order valence-electron chi connectivity index (χ2n) is 3.70. The standard InChI is InChI=1S/C11H22O4/c1-2-3-4-5-6-7-8-15-9-10(12)11(13)14/h10,12H,2-9H2,1H3,(H,13,14)/t10-/m1/s1. The molecular formula is C11H22O4. The average molecular weight is 218 g/mol. The molecule has 0 spiro atoms. The molecule has 4 heteroatoms. The molecule has 0 radical (unpaired) electrons. The molecule has 0 aromatic heterocycles. The third-order valence-electron chi connectivity index (χ3n) is 2.20. The monoisotopic (exact) mass is 218 g/mol. The van der Waals surface area contributed by atoms with Crippen LogP contribution in [-0.2, 0) is 9.53 Å². The van der Waals surface area contributed by atoms with Crippen molar-refractivity contribution in [2.24, 2.45) is 0 Å². The van der Waals surface area contributed by atoms with Crippen LogP contribution in [0.5, 0.6) is 0 Å². The fourth-order valence-corrected chi connectivity index (χ4v) is 1.25. The summed E-state index contributed by atoms with van der Waals surface area (Å²) in [6.45, 7) is 2.61. The Kier molecular flexibility index (Phi) is 9.52. The topological polar surface area (TPSA) is 66.8 Å². The summed E-state index contributed by atoms with van der Waals surface area (Å²) in [5.74, 6) is -1.22. The number of ether oxygens (including phenoxy) is 1. The maximum Gasteiger partial charge on any atom is 0.334 e. The van der Waals surface area contributed by atoms with E-state index in [1.807, 2.05) is 0 Å². The van der Waals surface area contributed by atoms with Crippen molar-refractivity contribution in [3.05, 3.63) is 0 Å². The maximum absolute atomic E-state index is 10.2. The molecule has 0 aromatic carbocycles. The van der Waals surface area contributed by atoms with Gasteiger partial charge in [-0.2, -0.15) is 0 Å². The Labute approximate surface area is 91.3 Å². The van der Waals surface area contributed by atoms with Crippen LogP contribution in [0.4, 0.5) is 0 Å². The molecule has 0 aliphatic rings. The van der Waals surface area contributed by atoms with Gasteiger partial charge in [0.15, 0.2) is 6.10 Å². The first-order chi connectivity index (χ1) is 7.18. The number of aliphatic hydroxyl groups is 1. The molecule has 0 unspecified atom stereocenters. The number of aliphatic hydroxyl groups excluding tert-OH is 1. The summed E-state index contributed by atoms with van der Waals surface area (Å²) in [6, 6.07) is 0. The van der Waals surface area contributed by atoms with Gasteiger partial charge in [-0.05, 0) is 6.42 Å². The molecule has 4 nitrogen and oxygen atoms in total. The quantitative estimate of drug-likeness (QED) is 0.549. The maximum atomic E-state index is 10.2. The Morgan fingerprint density at radius 2 is 1.80 bits per heavy atom. The molecule has 0 heterocycles. The number of rotatable bonds is 10. The fourth-order valence-electron chi connectivity index (χ4n) is 1.25. The fraction of sp³-hybridized carbons (Fsp3) is 0.909. The van der Waals surface area contributed by atoms with Crippen molar-refractivity contribution >= 4 is 5.97 Å². The highest BCUT2D eigenvalue weighted by Crippen LogP contribution is 2.04. The van der Waals surface area contributed by atoms with E-state index in [0.29, 0.717) is 6.61 Å². The SMILES string of the molecule is CCCCCCCCOC[C@@H](O)C(=O)O. The zero-order valence-electron chi connectivity index (χ0n) is 9.45. The molecule has 0 aromatic rings. The van der Waals surface area contributed by atoms with Gasteiger partial charge in [0.05, 0.1) is 6.61 Å². The first kappa shape index (κ1) is 14.4. The summed E-state index contributed by atoms with van der Waals surface area (Å²) < 4.78 is 5.03. The third-order valence-corrected chi connectivity index (χ3v) is 2.20. The predicted octanol–water partition coefficient (Wildman–Crippen LogP) is 1.81. The molecule has 0 saturated heterocycles. The highest BCUT2D eigenvalue weighted by atomic mass is 16.5. The molecule has 90 valence electrons. The smallest absolute Gasteiger partial charge is 0.334 e. The van der Waals surface area contributed by atoms with Crippen LogP contribution in [0.1, 0.15) is 45.4 Å². The number of hydrogen-bond acceptors (Lipinski definition) is 3. The molecule has 0 rings (SSSR count). The minimum atomic E-state index is -1.38. The van der Waals surface area contributed by atoms with Crippen molar-refractivity contribution in [3.63, 3.8) is 0 Å². The van der Waals surface area contributed by atoms with Gasteiger partial charge < -0.3 is 14.9 Å². The first-order valence-corrected chi connectivity index (χ1v) is 5.67. The summed E-state index contributed by atoms with van der Waals surface area (Å²) in [6.07, 6.45) is 5.65. The van der Waals surface area contributed by atoms with E-state index in [9.17, 15) is 4.79 Å². The minimum Gasteiger partial charge on any atom is -0.479 e. The van der Waals surface area contributed by atoms with Gasteiger partial charge in [0, 0.05) is 6.61 Å². The van der Waals surface area contributed by atoms with Gasteiger partial charge in [0.1, 0.15) is 0 Å². The lowest BCUT2D eigenvalue weighted by Gasteiger charge is -2.06. The second-order valence-corrected chi connectivity index (χ2v) is 3.70. The van der Waals surface area contributed by atoms with Crippen LogP contribution < -0.4 is 0 Å². The van der Waals surface area contributed by atoms with Gasteiger partial charge in [-0.25, -0.2) is 4.79 Å². The molecule has 0 saturated carbocycles. The van der Waals surface area contributed by atoms with E-state index < -0.39 is 12.1 Å². The van der Waals surface area contributed by atoms with Gasteiger partial charge in [0.25, 0.3) is 0 Å². The van der Waals surface area contributed by atoms with Crippen LogP contribution in [0.3, 0.4) is 0 Å². The Hall–Kier alpha value is -0.610. The normalized spacial score (nSPS) is 12.7. The molecule has 0 aliphatic carbocycles. The first-order valence-electron chi connectivity index (χ1n) is 5.67. The Bertz CT molecular complexity index is 159. The number of hydrogen-bond donors (Lipinski definition) is 2. The van der Waals surface area contributed by atoms with Gasteiger partial charge in [-0.1, -0.05) is 39.0 Å². The molecule has 0 amide bonds. The van der Waals surface area contributed by atoms with E-state index in [-0.39, 0.29) is 6.61 Å². The molecule has 0 fully saturated rings. The number of carbonyl (C=O) groups is 1. The van der Waals surface area contributed by atoms with Crippen molar-refractivity contribution in [2.45, 2.75) is 51.6 Å². The lowest BCUT2D eigenvalue weighted by atomic mass is 10.1. The van der Waals surface area contributed by atoms with Gasteiger partial charge in [0.2, 0.25) is 0 Å². The zero-order valence-corrected chi connectivity index (χ0v) is 9.45. The Morgan fingerprint density at radius 3 is 2.40 bits per heavy atom. The van der Waals surface area contributed by atoms with E-state index in [1.54, 1.807) is 0 Å². The van der Waals surface area contributed by atoms with Crippen LogP contribution in [-0.4, -0.2) is 35.5 Å². The molecule has 15 heavy (non-hydrogen) atoms. The molecule has 0 aliphatic heterocycles. The summed E-state index contributed by atoms with van der Waals surface area (Å²) >= 11 is 0. The van der Waals surface area contributed by atoms with Gasteiger partial charge in [-0.15, -0.1) is 0 Å². The zero-order chi connectivity index (χ0) is 11.5. The summed E-state index contributed by atoms with van der Waals surface area (Å²) in [5.41, 5.74) is 0. The van der Waals surface area contributed by atoms with E-state index in [1.165, 1.54) is 25.7 Å². The Balaban J connectivity index is 3.08. The van der Waals surface area contributed by atoms with Crippen LogP contribution in [0, 0.1) is 0 Å². The number of carboxylic acids is 1. The second kappa shape index (κ2) is 9.93. The number of carboxylic acid groups (broad SMARTS) is 1. The average Bonchev–Trinajstić information content (AvgIpc) is 2.21. The highest BCUT2D eigenvalue weighted by Gasteiger charge is 2.12. The van der Waals surface area contributed by atoms with Crippen molar-refractivity contribution in [3.8, 4) is 0 Å². The third kappa shape index (κ3) is 9.69. The van der Waals surface area contributed by atoms with Crippen molar-refractivity contribution in [2.75, 3.05) is 13.2 Å². The van der Waals surface area contributed by atoms with Crippen LogP contribution >= 0.6 is 0 Å². The summed E-state index contributed by atoms with van der Waals surface area (Å²) in [5, 5.41) is 17.2. The number of aliphatic carboxylic acids is 1. The lowest BCUT2D eigenvalue weighted by molar-refractivity contribution is -0.149. The largest absolute Gasteiger partial charge is 0.479 e. The highest BCUT2D eigenvalue weighted by molar-refractivity contribution is 5.71. The predicted molar refractivity (Wildman–Crippen MR) is 57.8 cm³/mol.